The lowest BCUT2D eigenvalue weighted by Crippen LogP contribution is -2.30. The molecule has 1 aromatic heterocycles. The van der Waals surface area contributed by atoms with E-state index in [1.807, 2.05) is 17.8 Å². The van der Waals surface area contributed by atoms with Crippen LogP contribution in [0.4, 0.5) is 5.82 Å². The van der Waals surface area contributed by atoms with Gasteiger partial charge in [0.25, 0.3) is 0 Å². The van der Waals surface area contributed by atoms with Gasteiger partial charge in [-0.05, 0) is 19.1 Å². The van der Waals surface area contributed by atoms with Crippen molar-refractivity contribution in [1.29, 1.82) is 0 Å². The van der Waals surface area contributed by atoms with Crippen molar-refractivity contribution in [2.75, 3.05) is 25.2 Å². The van der Waals surface area contributed by atoms with E-state index in [1.54, 1.807) is 7.11 Å². The van der Waals surface area contributed by atoms with Gasteiger partial charge in [0.1, 0.15) is 12.1 Å². The Morgan fingerprint density at radius 3 is 2.82 bits per heavy atom. The highest BCUT2D eigenvalue weighted by Crippen LogP contribution is 2.40. The number of hydrogen-bond donors (Lipinski definition) is 1. The van der Waals surface area contributed by atoms with Crippen LogP contribution in [0, 0.1) is 0 Å². The van der Waals surface area contributed by atoms with E-state index < -0.39 is 0 Å². The van der Waals surface area contributed by atoms with Crippen LogP contribution in [0.15, 0.2) is 12.4 Å². The van der Waals surface area contributed by atoms with Gasteiger partial charge < -0.3 is 10.1 Å². The first kappa shape index (κ1) is 12.5. The second-order valence-electron chi connectivity index (χ2n) is 4.39. The van der Waals surface area contributed by atoms with Gasteiger partial charge in [-0.1, -0.05) is 12.8 Å². The first-order valence-electron chi connectivity index (χ1n) is 5.93. The fourth-order valence-electron chi connectivity index (χ4n) is 2.27. The average Bonchev–Trinajstić information content (AvgIpc) is 2.86. The fourth-order valence-corrected chi connectivity index (χ4v) is 3.19. The van der Waals surface area contributed by atoms with E-state index in [9.17, 15) is 0 Å². The number of nitrogens with one attached hydrogen (secondary N) is 1. The van der Waals surface area contributed by atoms with Gasteiger partial charge >= 0.3 is 0 Å². The van der Waals surface area contributed by atoms with Gasteiger partial charge in [-0.3, -0.25) is 0 Å². The molecule has 0 radical (unpaired) electrons. The summed E-state index contributed by atoms with van der Waals surface area (Å²) in [5.74, 6) is 1.45. The Labute approximate surface area is 107 Å². The number of ether oxygens (including phenoxy) is 1. The molecule has 1 fully saturated rings. The Morgan fingerprint density at radius 2 is 2.18 bits per heavy atom. The number of thioether (sulfide) groups is 1. The summed E-state index contributed by atoms with van der Waals surface area (Å²) in [4.78, 5) is 8.20. The van der Waals surface area contributed by atoms with Crippen molar-refractivity contribution in [1.82, 2.24) is 9.97 Å². The molecule has 1 aliphatic rings. The van der Waals surface area contributed by atoms with E-state index in [4.69, 9.17) is 4.74 Å². The minimum absolute atomic E-state index is 0.387. The van der Waals surface area contributed by atoms with Crippen LogP contribution < -0.4 is 10.1 Å². The van der Waals surface area contributed by atoms with E-state index >= 15 is 0 Å². The smallest absolute Gasteiger partial charge is 0.218 e. The van der Waals surface area contributed by atoms with Crippen molar-refractivity contribution < 1.29 is 4.74 Å². The summed E-state index contributed by atoms with van der Waals surface area (Å²) >= 11 is 1.97. The van der Waals surface area contributed by atoms with E-state index in [1.165, 1.54) is 32.0 Å². The molecule has 1 saturated carbocycles. The highest BCUT2D eigenvalue weighted by Gasteiger charge is 2.32. The van der Waals surface area contributed by atoms with Gasteiger partial charge in [0.15, 0.2) is 0 Å². The molecule has 1 N–H and O–H groups in total. The molecule has 0 amide bonds. The molecule has 0 spiro atoms. The lowest BCUT2D eigenvalue weighted by atomic mass is 10.1. The monoisotopic (exact) mass is 253 g/mol. The molecule has 0 aliphatic heterocycles. The van der Waals surface area contributed by atoms with Gasteiger partial charge in [-0.15, -0.1) is 0 Å². The quantitative estimate of drug-likeness (QED) is 0.874. The molecule has 94 valence electrons. The summed E-state index contributed by atoms with van der Waals surface area (Å²) in [6, 6.07) is 1.84. The Balaban J connectivity index is 1.96. The second-order valence-corrected chi connectivity index (χ2v) is 5.67. The predicted molar refractivity (Wildman–Crippen MR) is 71.8 cm³/mol. The predicted octanol–water partition coefficient (Wildman–Crippen LogP) is 2.57. The Bertz CT molecular complexity index is 367. The van der Waals surface area contributed by atoms with Crippen molar-refractivity contribution in [2.45, 2.75) is 30.4 Å². The largest absolute Gasteiger partial charge is 0.481 e. The summed E-state index contributed by atoms with van der Waals surface area (Å²) in [6.07, 6.45) is 9.01. The van der Waals surface area contributed by atoms with Crippen molar-refractivity contribution >= 4 is 17.6 Å². The molecule has 0 unspecified atom stereocenters. The van der Waals surface area contributed by atoms with Crippen LogP contribution in [-0.4, -0.2) is 34.6 Å². The first-order valence-corrected chi connectivity index (χ1v) is 7.15. The molecule has 4 nitrogen and oxygen atoms in total. The summed E-state index contributed by atoms with van der Waals surface area (Å²) in [5.41, 5.74) is 0. The van der Waals surface area contributed by atoms with Crippen LogP contribution in [0.1, 0.15) is 25.7 Å². The van der Waals surface area contributed by atoms with Crippen LogP contribution in [-0.2, 0) is 0 Å². The highest BCUT2D eigenvalue weighted by atomic mass is 32.2. The summed E-state index contributed by atoms with van der Waals surface area (Å²) in [7, 11) is 1.62. The molecule has 2 rings (SSSR count). The second kappa shape index (κ2) is 5.58. The molecule has 17 heavy (non-hydrogen) atoms. The van der Waals surface area contributed by atoms with Crippen LogP contribution in [0.5, 0.6) is 5.88 Å². The summed E-state index contributed by atoms with van der Waals surface area (Å²) in [6.45, 7) is 0.967. The maximum atomic E-state index is 5.08. The fraction of sp³-hybridized carbons (Fsp3) is 0.667. The lowest BCUT2D eigenvalue weighted by Gasteiger charge is -2.27. The lowest BCUT2D eigenvalue weighted by molar-refractivity contribution is 0.397. The van der Waals surface area contributed by atoms with Crippen LogP contribution in [0.3, 0.4) is 0 Å². The van der Waals surface area contributed by atoms with Crippen LogP contribution in [0.25, 0.3) is 0 Å². The van der Waals surface area contributed by atoms with Crippen LogP contribution >= 0.6 is 11.8 Å². The van der Waals surface area contributed by atoms with Gasteiger partial charge in [0, 0.05) is 17.4 Å². The van der Waals surface area contributed by atoms with E-state index in [0.717, 1.165) is 12.4 Å². The molecular formula is C12H19N3OS. The first-order chi connectivity index (χ1) is 8.28. The van der Waals surface area contributed by atoms with Gasteiger partial charge in [-0.25, -0.2) is 9.97 Å². The number of rotatable bonds is 5. The van der Waals surface area contributed by atoms with E-state index in [0.29, 0.717) is 10.6 Å². The third-order valence-corrected chi connectivity index (χ3v) is 4.81. The topological polar surface area (TPSA) is 47.0 Å². The average molecular weight is 253 g/mol. The molecular weight excluding hydrogens is 234 g/mol. The maximum absolute atomic E-state index is 5.08. The molecule has 1 aliphatic carbocycles. The van der Waals surface area contributed by atoms with Crippen LogP contribution in [0.2, 0.25) is 0 Å². The molecule has 0 aromatic carbocycles. The standard InChI is InChI=1S/C12H19N3OS/c1-16-11-7-10(14-9-15-11)13-8-12(17-2)5-3-4-6-12/h7,9H,3-6,8H2,1-2H3,(H,13,14,15). The van der Waals surface area contributed by atoms with E-state index in [2.05, 4.69) is 21.5 Å². The zero-order valence-electron chi connectivity index (χ0n) is 10.4. The molecule has 5 heteroatoms. The summed E-state index contributed by atoms with van der Waals surface area (Å²) < 4.78 is 5.47. The van der Waals surface area contributed by atoms with E-state index in [-0.39, 0.29) is 0 Å². The minimum atomic E-state index is 0.387. The van der Waals surface area contributed by atoms with Crippen molar-refractivity contribution in [3.05, 3.63) is 12.4 Å². The molecule has 1 aromatic rings. The number of methoxy groups -OCH3 is 1. The minimum Gasteiger partial charge on any atom is -0.481 e. The SMILES string of the molecule is COc1cc(NCC2(SC)CCCC2)ncn1. The third kappa shape index (κ3) is 3.03. The molecule has 0 saturated heterocycles. The van der Waals surface area contributed by atoms with Crippen molar-refractivity contribution in [2.24, 2.45) is 0 Å². The molecule has 1 heterocycles. The third-order valence-electron chi connectivity index (χ3n) is 3.39. The number of nitrogens with zero attached hydrogens (tertiary/aromatic N) is 2. The Kier molecular flexibility index (Phi) is 4.10. The highest BCUT2D eigenvalue weighted by molar-refractivity contribution is 8.00. The number of anilines is 1. The Morgan fingerprint density at radius 1 is 1.41 bits per heavy atom. The van der Waals surface area contributed by atoms with Gasteiger partial charge in [0.2, 0.25) is 5.88 Å². The number of aromatic nitrogens is 2. The zero-order chi connectivity index (χ0) is 12.1. The van der Waals surface area contributed by atoms with Crippen molar-refractivity contribution in [3.63, 3.8) is 0 Å². The molecule has 0 atom stereocenters. The van der Waals surface area contributed by atoms with Gasteiger partial charge in [-0.2, -0.15) is 11.8 Å². The number of hydrogen-bond acceptors (Lipinski definition) is 5. The normalized spacial score (nSPS) is 18.0. The zero-order valence-corrected chi connectivity index (χ0v) is 11.2. The molecule has 0 bridgehead atoms. The van der Waals surface area contributed by atoms with Crippen molar-refractivity contribution in [3.8, 4) is 5.88 Å². The Hall–Kier alpha value is -0.970. The summed E-state index contributed by atoms with van der Waals surface area (Å²) in [5, 5.41) is 3.40. The maximum Gasteiger partial charge on any atom is 0.218 e. The van der Waals surface area contributed by atoms with Gasteiger partial charge in [0.05, 0.1) is 7.11 Å².